The summed E-state index contributed by atoms with van der Waals surface area (Å²) in [6.07, 6.45) is 1.27. The first-order valence-corrected chi connectivity index (χ1v) is 9.32. The predicted molar refractivity (Wildman–Crippen MR) is 106 cm³/mol. The molecule has 1 heterocycles. The molecule has 0 atom stereocenters. The highest BCUT2D eigenvalue weighted by Gasteiger charge is 2.37. The van der Waals surface area contributed by atoms with E-state index in [1.807, 2.05) is 42.5 Å². The monoisotopic (exact) mass is 379 g/mol. The summed E-state index contributed by atoms with van der Waals surface area (Å²) in [6.45, 7) is 1.48. The summed E-state index contributed by atoms with van der Waals surface area (Å²) in [5.74, 6) is 1.37. The van der Waals surface area contributed by atoms with E-state index in [-0.39, 0.29) is 6.03 Å². The Morgan fingerprint density at radius 1 is 1.11 bits per heavy atom. The Kier molecular flexibility index (Phi) is 6.05. The van der Waals surface area contributed by atoms with Gasteiger partial charge in [0, 0.05) is 25.7 Å². The first-order valence-electron chi connectivity index (χ1n) is 9.32. The number of hydrogen-bond acceptors (Lipinski definition) is 4. The molecule has 6 heteroatoms. The average Bonchev–Trinajstić information content (AvgIpc) is 2.77. The maximum Gasteiger partial charge on any atom is 0.317 e. The Bertz CT molecular complexity index is 831. The summed E-state index contributed by atoms with van der Waals surface area (Å²) in [5, 5.41) is 12.7. The summed E-state index contributed by atoms with van der Waals surface area (Å²) in [4.78, 5) is 14.4. The number of nitriles is 1. The van der Waals surface area contributed by atoms with Crippen LogP contribution in [0.4, 0.5) is 4.79 Å². The molecule has 0 unspecified atom stereocenters. The van der Waals surface area contributed by atoms with Crippen molar-refractivity contribution in [2.75, 3.05) is 27.3 Å². The van der Waals surface area contributed by atoms with Crippen molar-refractivity contribution < 1.29 is 14.3 Å². The van der Waals surface area contributed by atoms with Crippen molar-refractivity contribution in [3.05, 3.63) is 59.7 Å². The van der Waals surface area contributed by atoms with Gasteiger partial charge in [-0.2, -0.15) is 5.26 Å². The van der Waals surface area contributed by atoms with Crippen LogP contribution in [0.2, 0.25) is 0 Å². The van der Waals surface area contributed by atoms with Crippen molar-refractivity contribution in [2.45, 2.75) is 24.8 Å². The molecule has 0 saturated carbocycles. The van der Waals surface area contributed by atoms with E-state index in [9.17, 15) is 10.1 Å². The minimum absolute atomic E-state index is 0.124. The quantitative estimate of drug-likeness (QED) is 0.863. The number of piperidine rings is 1. The first-order chi connectivity index (χ1) is 13.6. The van der Waals surface area contributed by atoms with Crippen LogP contribution >= 0.6 is 0 Å². The van der Waals surface area contributed by atoms with Crippen LogP contribution in [0.15, 0.2) is 48.5 Å². The topological polar surface area (TPSA) is 74.6 Å². The molecule has 6 nitrogen and oxygen atoms in total. The van der Waals surface area contributed by atoms with Crippen molar-refractivity contribution in [1.82, 2.24) is 10.2 Å². The molecule has 2 amide bonds. The van der Waals surface area contributed by atoms with Crippen molar-refractivity contribution in [3.8, 4) is 17.6 Å². The van der Waals surface area contributed by atoms with Crippen molar-refractivity contribution in [2.24, 2.45) is 0 Å². The third kappa shape index (κ3) is 4.20. The minimum atomic E-state index is -0.516. The van der Waals surface area contributed by atoms with Crippen LogP contribution < -0.4 is 14.8 Å². The van der Waals surface area contributed by atoms with E-state index >= 15 is 0 Å². The Balaban J connectivity index is 1.59. The highest BCUT2D eigenvalue weighted by Crippen LogP contribution is 2.34. The van der Waals surface area contributed by atoms with E-state index in [1.165, 1.54) is 0 Å². The van der Waals surface area contributed by atoms with Crippen LogP contribution in [0.25, 0.3) is 0 Å². The van der Waals surface area contributed by atoms with E-state index < -0.39 is 5.41 Å². The lowest BCUT2D eigenvalue weighted by molar-refractivity contribution is 0.171. The van der Waals surface area contributed by atoms with E-state index in [0.717, 1.165) is 11.1 Å². The van der Waals surface area contributed by atoms with Crippen LogP contribution in [0.5, 0.6) is 11.5 Å². The number of ether oxygens (including phenoxy) is 2. The fourth-order valence-corrected chi connectivity index (χ4v) is 3.57. The Hall–Kier alpha value is -3.20. The lowest BCUT2D eigenvalue weighted by Gasteiger charge is -2.37. The molecule has 2 aromatic rings. The zero-order chi connectivity index (χ0) is 20.0. The number of nitrogens with zero attached hydrogens (tertiary/aromatic N) is 2. The van der Waals surface area contributed by atoms with Gasteiger partial charge in [-0.25, -0.2) is 4.79 Å². The van der Waals surface area contributed by atoms with Crippen LogP contribution in [-0.4, -0.2) is 38.2 Å². The van der Waals surface area contributed by atoms with Gasteiger partial charge in [0.15, 0.2) is 0 Å². The van der Waals surface area contributed by atoms with E-state index in [1.54, 1.807) is 25.2 Å². The smallest absolute Gasteiger partial charge is 0.317 e. The molecule has 3 rings (SSSR count). The molecule has 1 saturated heterocycles. The fourth-order valence-electron chi connectivity index (χ4n) is 3.57. The molecule has 0 spiro atoms. The predicted octanol–water partition coefficient (Wildman–Crippen LogP) is 3.47. The lowest BCUT2D eigenvalue weighted by Crippen LogP contribution is -2.48. The molecule has 28 heavy (non-hydrogen) atoms. The molecule has 0 radical (unpaired) electrons. The second kappa shape index (κ2) is 8.66. The minimum Gasteiger partial charge on any atom is -0.497 e. The van der Waals surface area contributed by atoms with Gasteiger partial charge >= 0.3 is 6.03 Å². The summed E-state index contributed by atoms with van der Waals surface area (Å²) in [6, 6.07) is 17.7. The molecule has 146 valence electrons. The second-order valence-corrected chi connectivity index (χ2v) is 6.93. The maximum atomic E-state index is 12.6. The Labute approximate surface area is 165 Å². The number of rotatable bonds is 5. The van der Waals surface area contributed by atoms with Gasteiger partial charge in [0.05, 0.1) is 25.7 Å². The zero-order valence-electron chi connectivity index (χ0n) is 16.3. The van der Waals surface area contributed by atoms with Gasteiger partial charge in [0.1, 0.15) is 11.5 Å². The highest BCUT2D eigenvalue weighted by molar-refractivity contribution is 5.74. The number of benzene rings is 2. The van der Waals surface area contributed by atoms with Crippen LogP contribution in [0.1, 0.15) is 24.0 Å². The van der Waals surface area contributed by atoms with Gasteiger partial charge < -0.3 is 19.7 Å². The van der Waals surface area contributed by atoms with Gasteiger partial charge in [0.2, 0.25) is 0 Å². The fraction of sp³-hybridized carbons (Fsp3) is 0.364. The Morgan fingerprint density at radius 3 is 2.25 bits per heavy atom. The third-order valence-electron chi connectivity index (χ3n) is 5.30. The molecule has 0 bridgehead atoms. The molecule has 0 aliphatic carbocycles. The number of urea groups is 1. The standard InChI is InChI=1S/C22H25N3O3/c1-27-19-12-17(13-20(14-19)28-2)15-24-21(26)25-10-8-22(16-23,9-11-25)18-6-4-3-5-7-18/h3-7,12-14H,8-11,15H2,1-2H3,(H,24,26). The molecule has 2 aromatic carbocycles. The van der Waals surface area contributed by atoms with Crippen LogP contribution in [0, 0.1) is 11.3 Å². The number of carbonyl (C=O) groups is 1. The second-order valence-electron chi connectivity index (χ2n) is 6.93. The van der Waals surface area contributed by atoms with Crippen LogP contribution in [-0.2, 0) is 12.0 Å². The highest BCUT2D eigenvalue weighted by atomic mass is 16.5. The third-order valence-corrected chi connectivity index (χ3v) is 5.30. The molecule has 1 fully saturated rings. The lowest BCUT2D eigenvalue weighted by atomic mass is 9.74. The number of likely N-dealkylation sites (tertiary alicyclic amines) is 1. The maximum absolute atomic E-state index is 12.6. The van der Waals surface area contributed by atoms with Gasteiger partial charge in [-0.15, -0.1) is 0 Å². The molecule has 1 N–H and O–H groups in total. The van der Waals surface area contributed by atoms with Crippen molar-refractivity contribution in [1.29, 1.82) is 5.26 Å². The molecular formula is C22H25N3O3. The number of carbonyl (C=O) groups excluding carboxylic acids is 1. The summed E-state index contributed by atoms with van der Waals surface area (Å²) < 4.78 is 10.5. The molecule has 1 aliphatic heterocycles. The van der Waals surface area contributed by atoms with Gasteiger partial charge in [0.25, 0.3) is 0 Å². The van der Waals surface area contributed by atoms with E-state index in [4.69, 9.17) is 9.47 Å². The molecular weight excluding hydrogens is 354 g/mol. The number of amides is 2. The van der Waals surface area contributed by atoms with E-state index in [2.05, 4.69) is 11.4 Å². The van der Waals surface area contributed by atoms with Crippen LogP contribution in [0.3, 0.4) is 0 Å². The Morgan fingerprint density at radius 2 is 1.71 bits per heavy atom. The van der Waals surface area contributed by atoms with E-state index in [0.29, 0.717) is 44.0 Å². The first kappa shape index (κ1) is 19.6. The normalized spacial score (nSPS) is 15.4. The number of methoxy groups -OCH3 is 2. The van der Waals surface area contributed by atoms with Gasteiger partial charge in [-0.3, -0.25) is 0 Å². The number of hydrogen-bond donors (Lipinski definition) is 1. The summed E-state index contributed by atoms with van der Waals surface area (Å²) >= 11 is 0. The van der Waals surface area contributed by atoms with Gasteiger partial charge in [-0.05, 0) is 36.1 Å². The van der Waals surface area contributed by atoms with Crippen molar-refractivity contribution in [3.63, 3.8) is 0 Å². The van der Waals surface area contributed by atoms with Gasteiger partial charge in [-0.1, -0.05) is 30.3 Å². The largest absolute Gasteiger partial charge is 0.497 e. The zero-order valence-corrected chi connectivity index (χ0v) is 16.3. The molecule has 0 aromatic heterocycles. The number of nitrogens with one attached hydrogen (secondary N) is 1. The summed E-state index contributed by atoms with van der Waals surface area (Å²) in [7, 11) is 3.19. The average molecular weight is 379 g/mol. The molecule has 1 aliphatic rings. The summed E-state index contributed by atoms with van der Waals surface area (Å²) in [5.41, 5.74) is 1.41. The van der Waals surface area contributed by atoms with Crippen molar-refractivity contribution >= 4 is 6.03 Å². The SMILES string of the molecule is COc1cc(CNC(=O)N2CCC(C#N)(c3ccccc3)CC2)cc(OC)c1.